The zero-order chi connectivity index (χ0) is 20.1. The number of rotatable bonds is 7. The van der Waals surface area contributed by atoms with Crippen LogP contribution in [0.1, 0.15) is 11.3 Å². The number of benzene rings is 2. The van der Waals surface area contributed by atoms with Gasteiger partial charge in [0.1, 0.15) is 12.3 Å². The number of anilines is 1. The van der Waals surface area contributed by atoms with Crippen LogP contribution in [0.15, 0.2) is 83.6 Å². The van der Waals surface area contributed by atoms with Crippen molar-refractivity contribution in [2.24, 2.45) is 0 Å². The highest BCUT2D eigenvalue weighted by atomic mass is 16.3. The van der Waals surface area contributed by atoms with Crippen LogP contribution in [0.4, 0.5) is 5.69 Å². The first kappa shape index (κ1) is 18.6. The van der Waals surface area contributed by atoms with Crippen LogP contribution in [0.5, 0.6) is 0 Å². The molecular formula is C23H21N3O3. The van der Waals surface area contributed by atoms with Crippen LogP contribution >= 0.6 is 0 Å². The normalized spacial score (nSPS) is 10.8. The Morgan fingerprint density at radius 2 is 1.76 bits per heavy atom. The number of carbonyl (C=O) groups is 2. The summed E-state index contributed by atoms with van der Waals surface area (Å²) in [6, 6.07) is 20.6. The van der Waals surface area contributed by atoms with Gasteiger partial charge in [0.15, 0.2) is 0 Å². The van der Waals surface area contributed by atoms with E-state index in [0.717, 1.165) is 16.5 Å². The molecule has 2 aromatic carbocycles. The topological polar surface area (TPSA) is 78.3 Å². The molecule has 0 bridgehead atoms. The molecule has 0 aliphatic heterocycles. The van der Waals surface area contributed by atoms with Gasteiger partial charge in [-0.05, 0) is 35.9 Å². The summed E-state index contributed by atoms with van der Waals surface area (Å²) in [6.07, 6.45) is 3.60. The smallest absolute Gasteiger partial charge is 0.244 e. The second-order valence-corrected chi connectivity index (χ2v) is 6.78. The van der Waals surface area contributed by atoms with E-state index in [4.69, 9.17) is 4.42 Å². The van der Waals surface area contributed by atoms with Crippen molar-refractivity contribution in [3.05, 3.63) is 90.5 Å². The fraction of sp³-hybridized carbons (Fsp3) is 0.130. The molecule has 0 spiro atoms. The predicted molar refractivity (Wildman–Crippen MR) is 111 cm³/mol. The first-order valence-electron chi connectivity index (χ1n) is 9.39. The van der Waals surface area contributed by atoms with Gasteiger partial charge in [-0.25, -0.2) is 0 Å². The number of fused-ring (bicyclic) bond motifs is 1. The monoisotopic (exact) mass is 387 g/mol. The predicted octanol–water partition coefficient (Wildman–Crippen LogP) is 3.97. The van der Waals surface area contributed by atoms with Crippen LogP contribution in [0.2, 0.25) is 0 Å². The molecule has 0 fully saturated rings. The number of hydrogen-bond donors (Lipinski definition) is 2. The number of furan rings is 1. The van der Waals surface area contributed by atoms with E-state index in [1.165, 1.54) is 4.90 Å². The summed E-state index contributed by atoms with van der Waals surface area (Å²) in [5.74, 6) is 0.231. The van der Waals surface area contributed by atoms with Crippen LogP contribution in [0, 0.1) is 0 Å². The summed E-state index contributed by atoms with van der Waals surface area (Å²) in [4.78, 5) is 30.3. The highest BCUT2D eigenvalue weighted by Gasteiger charge is 2.20. The van der Waals surface area contributed by atoms with E-state index < -0.39 is 0 Å². The Kier molecular flexibility index (Phi) is 5.42. The molecule has 0 atom stereocenters. The van der Waals surface area contributed by atoms with E-state index in [0.29, 0.717) is 11.4 Å². The average molecular weight is 387 g/mol. The van der Waals surface area contributed by atoms with Gasteiger partial charge in [-0.3, -0.25) is 9.59 Å². The third-order valence-corrected chi connectivity index (χ3v) is 4.69. The van der Waals surface area contributed by atoms with Crippen molar-refractivity contribution in [2.45, 2.75) is 13.0 Å². The highest BCUT2D eigenvalue weighted by molar-refractivity contribution is 5.95. The van der Waals surface area contributed by atoms with E-state index in [-0.39, 0.29) is 31.3 Å². The Labute approximate surface area is 168 Å². The molecular weight excluding hydrogens is 366 g/mol. The number of nitrogens with zero attached hydrogens (tertiary/aromatic N) is 1. The minimum Gasteiger partial charge on any atom is -0.467 e. The third-order valence-electron chi connectivity index (χ3n) is 4.69. The third kappa shape index (κ3) is 4.55. The van der Waals surface area contributed by atoms with E-state index in [1.54, 1.807) is 18.4 Å². The fourth-order valence-electron chi connectivity index (χ4n) is 3.27. The summed E-state index contributed by atoms with van der Waals surface area (Å²) in [7, 11) is 0. The first-order valence-corrected chi connectivity index (χ1v) is 9.39. The number of para-hydroxylation sites is 2. The van der Waals surface area contributed by atoms with Gasteiger partial charge in [0.05, 0.1) is 19.2 Å². The molecule has 2 heterocycles. The van der Waals surface area contributed by atoms with Gasteiger partial charge in [-0.2, -0.15) is 0 Å². The van der Waals surface area contributed by atoms with Crippen molar-refractivity contribution >= 4 is 28.4 Å². The Morgan fingerprint density at radius 1 is 0.966 bits per heavy atom. The minimum atomic E-state index is -0.255. The lowest BCUT2D eigenvalue weighted by Gasteiger charge is -2.21. The maximum Gasteiger partial charge on any atom is 0.244 e. The molecule has 0 saturated heterocycles. The molecule has 0 unspecified atom stereocenters. The lowest BCUT2D eigenvalue weighted by molar-refractivity contribution is -0.134. The van der Waals surface area contributed by atoms with Crippen molar-refractivity contribution in [3.8, 4) is 0 Å². The Morgan fingerprint density at radius 3 is 2.55 bits per heavy atom. The number of H-pyrrole nitrogens is 1. The maximum absolute atomic E-state index is 13.1. The van der Waals surface area contributed by atoms with Crippen LogP contribution in [0.25, 0.3) is 10.9 Å². The Balaban J connectivity index is 1.50. The number of hydrogen-bond acceptors (Lipinski definition) is 3. The minimum absolute atomic E-state index is 0.0587. The Hall–Kier alpha value is -3.80. The molecule has 4 rings (SSSR count). The van der Waals surface area contributed by atoms with E-state index >= 15 is 0 Å². The lowest BCUT2D eigenvalue weighted by atomic mass is 10.1. The molecule has 0 radical (unpaired) electrons. The molecule has 2 N–H and O–H groups in total. The summed E-state index contributed by atoms with van der Waals surface area (Å²) in [5, 5.41) is 3.83. The van der Waals surface area contributed by atoms with Crippen LogP contribution in [-0.2, 0) is 22.6 Å². The highest BCUT2D eigenvalue weighted by Crippen LogP contribution is 2.19. The molecule has 6 nitrogen and oxygen atoms in total. The second kappa shape index (κ2) is 8.48. The van der Waals surface area contributed by atoms with Crippen molar-refractivity contribution in [3.63, 3.8) is 0 Å². The summed E-state index contributed by atoms with van der Waals surface area (Å²) in [5.41, 5.74) is 2.58. The standard InChI is InChI=1S/C23H21N3O3/c27-22(25-18-7-2-1-3-8-18)16-26(15-19-9-6-12-29-19)23(28)13-17-14-24-21-11-5-4-10-20(17)21/h1-12,14,24H,13,15-16H2,(H,25,27). The van der Waals surface area contributed by atoms with Crippen LogP contribution in [-0.4, -0.2) is 28.2 Å². The van der Waals surface area contributed by atoms with Gasteiger partial charge in [0.2, 0.25) is 11.8 Å². The lowest BCUT2D eigenvalue weighted by Crippen LogP contribution is -2.38. The van der Waals surface area contributed by atoms with E-state index in [1.807, 2.05) is 60.8 Å². The molecule has 0 aliphatic carbocycles. The van der Waals surface area contributed by atoms with Crippen LogP contribution < -0.4 is 5.32 Å². The molecule has 146 valence electrons. The molecule has 2 amide bonds. The van der Waals surface area contributed by atoms with Crippen molar-refractivity contribution < 1.29 is 14.0 Å². The van der Waals surface area contributed by atoms with Gasteiger partial charge in [0.25, 0.3) is 0 Å². The molecule has 4 aromatic rings. The van der Waals surface area contributed by atoms with Crippen molar-refractivity contribution in [1.82, 2.24) is 9.88 Å². The maximum atomic E-state index is 13.1. The van der Waals surface area contributed by atoms with E-state index in [2.05, 4.69) is 10.3 Å². The van der Waals surface area contributed by atoms with Crippen molar-refractivity contribution in [1.29, 1.82) is 0 Å². The van der Waals surface area contributed by atoms with Gasteiger partial charge < -0.3 is 19.6 Å². The summed E-state index contributed by atoms with van der Waals surface area (Å²) < 4.78 is 5.39. The number of aromatic nitrogens is 1. The van der Waals surface area contributed by atoms with Gasteiger partial charge in [-0.1, -0.05) is 36.4 Å². The van der Waals surface area contributed by atoms with Gasteiger partial charge >= 0.3 is 0 Å². The summed E-state index contributed by atoms with van der Waals surface area (Å²) >= 11 is 0. The van der Waals surface area contributed by atoms with Crippen molar-refractivity contribution in [2.75, 3.05) is 11.9 Å². The Bertz CT molecular complexity index is 1100. The first-order chi connectivity index (χ1) is 14.2. The number of amides is 2. The molecule has 0 aliphatic rings. The summed E-state index contributed by atoms with van der Waals surface area (Å²) in [6.45, 7) is 0.174. The van der Waals surface area contributed by atoms with Gasteiger partial charge in [-0.15, -0.1) is 0 Å². The second-order valence-electron chi connectivity index (χ2n) is 6.78. The largest absolute Gasteiger partial charge is 0.467 e. The molecule has 2 aromatic heterocycles. The van der Waals surface area contributed by atoms with E-state index in [9.17, 15) is 9.59 Å². The molecule has 6 heteroatoms. The average Bonchev–Trinajstić information content (AvgIpc) is 3.38. The number of aromatic amines is 1. The SMILES string of the molecule is O=C(CN(Cc1ccco1)C(=O)Cc1c[nH]c2ccccc12)Nc1ccccc1. The fourth-order valence-corrected chi connectivity index (χ4v) is 3.27. The van der Waals surface area contributed by atoms with Gasteiger partial charge in [0, 0.05) is 22.8 Å². The zero-order valence-corrected chi connectivity index (χ0v) is 15.8. The quantitative estimate of drug-likeness (QED) is 0.504. The number of nitrogens with one attached hydrogen (secondary N) is 2. The van der Waals surface area contributed by atoms with Crippen LogP contribution in [0.3, 0.4) is 0 Å². The molecule has 0 saturated carbocycles. The zero-order valence-electron chi connectivity index (χ0n) is 15.8. The number of carbonyl (C=O) groups excluding carboxylic acids is 2. The molecule has 29 heavy (non-hydrogen) atoms.